The summed E-state index contributed by atoms with van der Waals surface area (Å²) in [6.45, 7) is 4.53. The van der Waals surface area contributed by atoms with Crippen molar-refractivity contribution in [3.05, 3.63) is 79.1 Å². The second kappa shape index (κ2) is 7.20. The van der Waals surface area contributed by atoms with Crippen LogP contribution >= 0.6 is 11.6 Å². The number of halogens is 1. The number of hydrogen-bond acceptors (Lipinski definition) is 4. The zero-order valence-electron chi connectivity index (χ0n) is 14.7. The van der Waals surface area contributed by atoms with E-state index >= 15 is 0 Å². The molecule has 0 spiro atoms. The fourth-order valence-corrected chi connectivity index (χ4v) is 3.19. The van der Waals surface area contributed by atoms with Gasteiger partial charge in [0.25, 0.3) is 11.6 Å². The largest absolute Gasteiger partial charge is 0.345 e. The summed E-state index contributed by atoms with van der Waals surface area (Å²) >= 11 is 5.78. The highest BCUT2D eigenvalue weighted by molar-refractivity contribution is 6.32. The first-order valence-electron chi connectivity index (χ1n) is 8.21. The van der Waals surface area contributed by atoms with Crippen LogP contribution in [0.1, 0.15) is 23.0 Å². The third-order valence-corrected chi connectivity index (χ3v) is 4.62. The van der Waals surface area contributed by atoms with E-state index in [2.05, 4.69) is 5.32 Å². The summed E-state index contributed by atoms with van der Waals surface area (Å²) < 4.78 is 1.99. The average Bonchev–Trinajstić information content (AvgIpc) is 2.63. The fourth-order valence-electron chi connectivity index (χ4n) is 3.00. The van der Waals surface area contributed by atoms with E-state index in [9.17, 15) is 19.7 Å². The van der Waals surface area contributed by atoms with E-state index in [1.807, 2.05) is 18.4 Å². The van der Waals surface area contributed by atoms with Crippen LogP contribution in [0.5, 0.6) is 0 Å². The number of anilines is 1. The molecule has 0 aliphatic heterocycles. The molecule has 0 unspecified atom stereocenters. The predicted octanol–water partition coefficient (Wildman–Crippen LogP) is 4.14. The maximum Gasteiger partial charge on any atom is 0.289 e. The van der Waals surface area contributed by atoms with Crippen molar-refractivity contribution < 1.29 is 9.72 Å². The van der Waals surface area contributed by atoms with Gasteiger partial charge >= 0.3 is 0 Å². The van der Waals surface area contributed by atoms with Crippen molar-refractivity contribution in [1.82, 2.24) is 4.57 Å². The van der Waals surface area contributed by atoms with Crippen molar-refractivity contribution in [1.29, 1.82) is 0 Å². The lowest BCUT2D eigenvalue weighted by Crippen LogP contribution is -2.15. The Bertz CT molecular complexity index is 1140. The summed E-state index contributed by atoms with van der Waals surface area (Å²) in [6, 6.07) is 10.4. The summed E-state index contributed by atoms with van der Waals surface area (Å²) in [5.74, 6) is -0.475. The van der Waals surface area contributed by atoms with Gasteiger partial charge in [0.15, 0.2) is 5.43 Å². The summed E-state index contributed by atoms with van der Waals surface area (Å²) in [5.41, 5.74) is 1.66. The molecule has 7 nitrogen and oxygen atoms in total. The molecule has 0 saturated heterocycles. The smallest absolute Gasteiger partial charge is 0.289 e. The second-order valence-electron chi connectivity index (χ2n) is 6.00. The minimum atomic E-state index is -0.621. The number of nitrogens with one attached hydrogen (secondary N) is 1. The van der Waals surface area contributed by atoms with Crippen molar-refractivity contribution in [2.45, 2.75) is 20.4 Å². The average molecular weight is 386 g/mol. The third kappa shape index (κ3) is 3.54. The normalized spacial score (nSPS) is 10.8. The zero-order chi connectivity index (χ0) is 19.7. The van der Waals surface area contributed by atoms with Crippen LogP contribution in [0.4, 0.5) is 11.4 Å². The van der Waals surface area contributed by atoms with Crippen molar-refractivity contribution in [3.8, 4) is 0 Å². The summed E-state index contributed by atoms with van der Waals surface area (Å²) in [4.78, 5) is 35.2. The standard InChI is InChI=1S/C19H16ClN3O4/c1-3-22-11(2)8-18(24)14-9-12(4-7-16(14)22)19(25)21-13-5-6-15(20)17(10-13)23(26)27/h4-10H,3H2,1-2H3,(H,21,25). The van der Waals surface area contributed by atoms with E-state index < -0.39 is 10.8 Å². The maximum atomic E-state index is 12.5. The summed E-state index contributed by atoms with van der Waals surface area (Å²) in [6.07, 6.45) is 0. The number of pyridine rings is 1. The Labute approximate surface area is 159 Å². The van der Waals surface area contributed by atoms with Gasteiger partial charge in [-0.2, -0.15) is 0 Å². The van der Waals surface area contributed by atoms with Gasteiger partial charge in [0.2, 0.25) is 0 Å². The van der Waals surface area contributed by atoms with Crippen LogP contribution < -0.4 is 10.7 Å². The summed E-state index contributed by atoms with van der Waals surface area (Å²) in [5, 5.41) is 14.0. The molecule has 0 aliphatic carbocycles. The van der Waals surface area contributed by atoms with Crippen molar-refractivity contribution in [2.24, 2.45) is 0 Å². The van der Waals surface area contributed by atoms with Gasteiger partial charge in [0, 0.05) is 41.0 Å². The van der Waals surface area contributed by atoms with E-state index in [0.29, 0.717) is 11.9 Å². The molecule has 1 N–H and O–H groups in total. The van der Waals surface area contributed by atoms with Gasteiger partial charge in [-0.05, 0) is 44.2 Å². The van der Waals surface area contributed by atoms with Crippen LogP contribution in [0.3, 0.4) is 0 Å². The van der Waals surface area contributed by atoms with Gasteiger partial charge in [0.1, 0.15) is 5.02 Å². The molecule has 8 heteroatoms. The number of fused-ring (bicyclic) bond motifs is 1. The Morgan fingerprint density at radius 2 is 1.96 bits per heavy atom. The number of carbonyl (C=O) groups excluding carboxylic acids is 1. The molecule has 2 aromatic carbocycles. The number of aromatic nitrogens is 1. The molecule has 1 amide bonds. The fraction of sp³-hybridized carbons (Fsp3) is 0.158. The lowest BCUT2D eigenvalue weighted by atomic mass is 10.1. The molecule has 3 aromatic rings. The molecule has 0 bridgehead atoms. The van der Waals surface area contributed by atoms with Crippen LogP contribution in [-0.2, 0) is 6.54 Å². The Balaban J connectivity index is 1.98. The van der Waals surface area contributed by atoms with Gasteiger partial charge < -0.3 is 9.88 Å². The number of benzene rings is 2. The molecule has 27 heavy (non-hydrogen) atoms. The van der Waals surface area contributed by atoms with Crippen molar-refractivity contribution >= 4 is 39.8 Å². The van der Waals surface area contributed by atoms with E-state index in [-0.39, 0.29) is 27.4 Å². The highest BCUT2D eigenvalue weighted by Gasteiger charge is 2.15. The Hall–Kier alpha value is -3.19. The number of nitrogens with zero attached hydrogens (tertiary/aromatic N) is 2. The van der Waals surface area contributed by atoms with E-state index in [0.717, 1.165) is 11.2 Å². The van der Waals surface area contributed by atoms with Crippen molar-refractivity contribution in [3.63, 3.8) is 0 Å². The molecule has 0 aliphatic rings. The number of carbonyl (C=O) groups is 1. The molecule has 1 heterocycles. The van der Waals surface area contributed by atoms with Crippen LogP contribution in [0.25, 0.3) is 10.9 Å². The Morgan fingerprint density at radius 1 is 1.22 bits per heavy atom. The third-order valence-electron chi connectivity index (χ3n) is 4.30. The van der Waals surface area contributed by atoms with Crippen LogP contribution in [-0.4, -0.2) is 15.4 Å². The molecule has 138 valence electrons. The number of rotatable bonds is 4. The van der Waals surface area contributed by atoms with Crippen LogP contribution in [0.2, 0.25) is 5.02 Å². The minimum Gasteiger partial charge on any atom is -0.345 e. The molecule has 0 atom stereocenters. The van der Waals surface area contributed by atoms with E-state index in [4.69, 9.17) is 11.6 Å². The number of nitro groups is 1. The minimum absolute atomic E-state index is 0.0146. The molecular weight excluding hydrogens is 370 g/mol. The highest BCUT2D eigenvalue weighted by Crippen LogP contribution is 2.27. The van der Waals surface area contributed by atoms with Gasteiger partial charge in [0.05, 0.1) is 10.4 Å². The lowest BCUT2D eigenvalue weighted by Gasteiger charge is -2.13. The molecule has 0 saturated carbocycles. The van der Waals surface area contributed by atoms with Gasteiger partial charge in [-0.3, -0.25) is 19.7 Å². The van der Waals surface area contributed by atoms with E-state index in [1.165, 1.54) is 30.3 Å². The molecule has 1 aromatic heterocycles. The number of aryl methyl sites for hydroxylation is 2. The zero-order valence-corrected chi connectivity index (χ0v) is 15.4. The lowest BCUT2D eigenvalue weighted by molar-refractivity contribution is -0.384. The first kappa shape index (κ1) is 18.6. The van der Waals surface area contributed by atoms with Crippen LogP contribution in [0.15, 0.2) is 47.3 Å². The van der Waals surface area contributed by atoms with Gasteiger partial charge in [-0.15, -0.1) is 0 Å². The van der Waals surface area contributed by atoms with Crippen molar-refractivity contribution in [2.75, 3.05) is 5.32 Å². The Kier molecular flexibility index (Phi) is 4.96. The first-order chi connectivity index (χ1) is 12.8. The number of nitro benzene ring substituents is 1. The molecule has 0 fully saturated rings. The monoisotopic (exact) mass is 385 g/mol. The predicted molar refractivity (Wildman–Crippen MR) is 105 cm³/mol. The second-order valence-corrected chi connectivity index (χ2v) is 6.41. The molecule has 0 radical (unpaired) electrons. The van der Waals surface area contributed by atoms with E-state index in [1.54, 1.807) is 12.1 Å². The van der Waals surface area contributed by atoms with Gasteiger partial charge in [-0.1, -0.05) is 11.6 Å². The van der Waals surface area contributed by atoms with Crippen LogP contribution in [0, 0.1) is 17.0 Å². The quantitative estimate of drug-likeness (QED) is 0.539. The molecular formula is C19H16ClN3O4. The SMILES string of the molecule is CCn1c(C)cc(=O)c2cc(C(=O)Nc3ccc(Cl)c([N+](=O)[O-])c3)ccc21. The summed E-state index contributed by atoms with van der Waals surface area (Å²) in [7, 11) is 0. The Morgan fingerprint density at radius 3 is 2.63 bits per heavy atom. The van der Waals surface area contributed by atoms with Gasteiger partial charge in [-0.25, -0.2) is 0 Å². The number of hydrogen-bond donors (Lipinski definition) is 1. The maximum absolute atomic E-state index is 12.5. The number of amides is 1. The highest BCUT2D eigenvalue weighted by atomic mass is 35.5. The molecule has 3 rings (SSSR count). The first-order valence-corrected chi connectivity index (χ1v) is 8.59. The topological polar surface area (TPSA) is 94.2 Å².